The minimum atomic E-state index is 0.330. The summed E-state index contributed by atoms with van der Waals surface area (Å²) in [6.45, 7) is 5.59. The van der Waals surface area contributed by atoms with Gasteiger partial charge in [-0.15, -0.1) is 0 Å². The summed E-state index contributed by atoms with van der Waals surface area (Å²) >= 11 is 0. The van der Waals surface area contributed by atoms with E-state index in [-0.39, 0.29) is 0 Å². The molecule has 1 aliphatic heterocycles. The number of methoxy groups -OCH3 is 2. The number of fused-ring (bicyclic) bond motifs is 3. The van der Waals surface area contributed by atoms with E-state index in [0.717, 1.165) is 30.9 Å². The van der Waals surface area contributed by atoms with E-state index in [1.807, 2.05) is 6.07 Å². The monoisotopic (exact) mass is 378 g/mol. The van der Waals surface area contributed by atoms with Crippen LogP contribution >= 0.6 is 0 Å². The first-order chi connectivity index (χ1) is 13.5. The van der Waals surface area contributed by atoms with Crippen LogP contribution in [0.3, 0.4) is 0 Å². The Balaban J connectivity index is 1.72. The maximum absolute atomic E-state index is 5.50. The highest BCUT2D eigenvalue weighted by atomic mass is 16.5. The van der Waals surface area contributed by atoms with Crippen LogP contribution in [-0.4, -0.2) is 37.7 Å². The minimum absolute atomic E-state index is 0.330. The standard InChI is InChI=1S/C24H30N2O2/c1-15(2)17-7-8-20-19(14-17)18-10-11-26(3)21(24(18)25-20)12-16-6-9-22(27-4)23(13-16)28-5/h6-9,13-15,21,25H,10-12H2,1-5H3. The van der Waals surface area contributed by atoms with E-state index < -0.39 is 0 Å². The smallest absolute Gasteiger partial charge is 0.160 e. The van der Waals surface area contributed by atoms with Crippen molar-refractivity contribution < 1.29 is 9.47 Å². The molecule has 0 spiro atoms. The first kappa shape index (κ1) is 18.9. The lowest BCUT2D eigenvalue weighted by Crippen LogP contribution is -2.33. The molecule has 0 radical (unpaired) electrons. The summed E-state index contributed by atoms with van der Waals surface area (Å²) in [6.07, 6.45) is 2.03. The van der Waals surface area contributed by atoms with Gasteiger partial charge >= 0.3 is 0 Å². The molecule has 2 aromatic carbocycles. The summed E-state index contributed by atoms with van der Waals surface area (Å²) in [7, 11) is 5.59. The zero-order valence-electron chi connectivity index (χ0n) is 17.5. The van der Waals surface area contributed by atoms with E-state index in [4.69, 9.17) is 9.47 Å². The van der Waals surface area contributed by atoms with E-state index in [2.05, 4.69) is 61.1 Å². The predicted octanol–water partition coefficient (Wildman–Crippen LogP) is 5.08. The van der Waals surface area contributed by atoms with Crippen LogP contribution in [0.4, 0.5) is 0 Å². The molecule has 0 bridgehead atoms. The van der Waals surface area contributed by atoms with Gasteiger partial charge in [-0.25, -0.2) is 0 Å². The number of hydrogen-bond donors (Lipinski definition) is 1. The van der Waals surface area contributed by atoms with Gasteiger partial charge in [0, 0.05) is 23.1 Å². The van der Waals surface area contributed by atoms with Gasteiger partial charge in [-0.2, -0.15) is 0 Å². The Morgan fingerprint density at radius 2 is 1.86 bits per heavy atom. The van der Waals surface area contributed by atoms with Gasteiger partial charge in [0.15, 0.2) is 11.5 Å². The maximum Gasteiger partial charge on any atom is 0.160 e. The third kappa shape index (κ3) is 3.26. The fourth-order valence-electron chi connectivity index (χ4n) is 4.35. The summed E-state index contributed by atoms with van der Waals surface area (Å²) in [4.78, 5) is 6.19. The molecule has 1 aromatic heterocycles. The van der Waals surface area contributed by atoms with Crippen LogP contribution in [0.1, 0.15) is 48.2 Å². The highest BCUT2D eigenvalue weighted by Gasteiger charge is 2.28. The lowest BCUT2D eigenvalue weighted by molar-refractivity contribution is 0.226. The zero-order chi connectivity index (χ0) is 19.8. The number of likely N-dealkylation sites (N-methyl/N-ethyl adjacent to an activating group) is 1. The van der Waals surface area contributed by atoms with E-state index in [0.29, 0.717) is 12.0 Å². The summed E-state index contributed by atoms with van der Waals surface area (Å²) < 4.78 is 10.9. The number of hydrogen-bond acceptors (Lipinski definition) is 3. The Morgan fingerprint density at radius 3 is 2.57 bits per heavy atom. The first-order valence-corrected chi connectivity index (χ1v) is 10.1. The van der Waals surface area contributed by atoms with Gasteiger partial charge < -0.3 is 14.5 Å². The van der Waals surface area contributed by atoms with Crippen LogP contribution < -0.4 is 9.47 Å². The molecule has 1 unspecified atom stereocenters. The molecule has 0 aliphatic carbocycles. The van der Waals surface area contributed by atoms with Gasteiger partial charge in [-0.3, -0.25) is 4.90 Å². The Labute approximate surface area is 167 Å². The summed E-state index contributed by atoms with van der Waals surface area (Å²) in [5.41, 5.74) is 6.76. The Hall–Kier alpha value is -2.46. The molecule has 4 nitrogen and oxygen atoms in total. The Morgan fingerprint density at radius 1 is 1.07 bits per heavy atom. The van der Waals surface area contributed by atoms with Crippen molar-refractivity contribution in [2.75, 3.05) is 27.8 Å². The number of benzene rings is 2. The number of H-pyrrole nitrogens is 1. The maximum atomic E-state index is 5.50. The van der Waals surface area contributed by atoms with Crippen molar-refractivity contribution in [3.63, 3.8) is 0 Å². The first-order valence-electron chi connectivity index (χ1n) is 10.1. The number of nitrogens with one attached hydrogen (secondary N) is 1. The topological polar surface area (TPSA) is 37.5 Å². The van der Waals surface area contributed by atoms with Crippen LogP contribution in [0.25, 0.3) is 10.9 Å². The number of nitrogens with zero attached hydrogens (tertiary/aromatic N) is 1. The third-order valence-corrected chi connectivity index (χ3v) is 6.09. The Kier molecular flexibility index (Phi) is 5.07. The van der Waals surface area contributed by atoms with Crippen molar-refractivity contribution in [2.45, 2.75) is 38.6 Å². The summed E-state index contributed by atoms with van der Waals surface area (Å²) in [5, 5.41) is 1.40. The normalized spacial score (nSPS) is 17.1. The molecule has 0 amide bonds. The second-order valence-electron chi connectivity index (χ2n) is 8.12. The molecule has 3 aromatic rings. The van der Waals surface area contributed by atoms with E-state index in [1.165, 1.54) is 33.3 Å². The van der Waals surface area contributed by atoms with Crippen molar-refractivity contribution in [1.29, 1.82) is 0 Å². The van der Waals surface area contributed by atoms with Crippen molar-refractivity contribution in [3.8, 4) is 11.5 Å². The highest BCUT2D eigenvalue weighted by molar-refractivity contribution is 5.86. The van der Waals surface area contributed by atoms with Crippen LogP contribution in [0.15, 0.2) is 36.4 Å². The van der Waals surface area contributed by atoms with Crippen molar-refractivity contribution in [2.24, 2.45) is 0 Å². The largest absolute Gasteiger partial charge is 0.493 e. The van der Waals surface area contributed by atoms with E-state index >= 15 is 0 Å². The zero-order valence-corrected chi connectivity index (χ0v) is 17.5. The third-order valence-electron chi connectivity index (χ3n) is 6.09. The average Bonchev–Trinajstić information content (AvgIpc) is 3.07. The van der Waals surface area contributed by atoms with Gasteiger partial charge in [-0.05, 0) is 66.8 Å². The molecule has 4 rings (SSSR count). The van der Waals surface area contributed by atoms with Gasteiger partial charge in [0.25, 0.3) is 0 Å². The van der Waals surface area contributed by atoms with Crippen molar-refractivity contribution in [3.05, 3.63) is 58.8 Å². The Bertz CT molecular complexity index is 990. The lowest BCUT2D eigenvalue weighted by Gasteiger charge is -2.33. The number of aromatic nitrogens is 1. The molecule has 0 fully saturated rings. The molecular formula is C24H30N2O2. The minimum Gasteiger partial charge on any atom is -0.493 e. The predicted molar refractivity (Wildman–Crippen MR) is 115 cm³/mol. The second-order valence-corrected chi connectivity index (χ2v) is 8.12. The fourth-order valence-corrected chi connectivity index (χ4v) is 4.35. The molecule has 1 atom stereocenters. The number of ether oxygens (including phenoxy) is 2. The van der Waals surface area contributed by atoms with Crippen molar-refractivity contribution in [1.82, 2.24) is 9.88 Å². The molecule has 28 heavy (non-hydrogen) atoms. The molecule has 2 heterocycles. The molecule has 148 valence electrons. The van der Waals surface area contributed by atoms with Gasteiger partial charge in [-0.1, -0.05) is 26.0 Å². The molecule has 1 N–H and O–H groups in total. The van der Waals surface area contributed by atoms with Crippen LogP contribution in [0.5, 0.6) is 11.5 Å². The fraction of sp³-hybridized carbons (Fsp3) is 0.417. The molecule has 4 heteroatoms. The van der Waals surface area contributed by atoms with Crippen molar-refractivity contribution >= 4 is 10.9 Å². The second kappa shape index (κ2) is 7.51. The highest BCUT2D eigenvalue weighted by Crippen LogP contribution is 2.37. The number of aromatic amines is 1. The van der Waals surface area contributed by atoms with E-state index in [9.17, 15) is 0 Å². The average molecular weight is 379 g/mol. The molecule has 0 saturated heterocycles. The number of rotatable bonds is 5. The molecular weight excluding hydrogens is 348 g/mol. The van der Waals surface area contributed by atoms with Crippen LogP contribution in [0.2, 0.25) is 0 Å². The SMILES string of the molecule is COc1ccc(CC2c3[nH]c4ccc(C(C)C)cc4c3CCN2C)cc1OC. The van der Waals surface area contributed by atoms with E-state index in [1.54, 1.807) is 14.2 Å². The lowest BCUT2D eigenvalue weighted by atomic mass is 9.92. The molecule has 0 saturated carbocycles. The van der Waals surface area contributed by atoms with Gasteiger partial charge in [0.1, 0.15) is 0 Å². The molecule has 1 aliphatic rings. The summed E-state index contributed by atoms with van der Waals surface area (Å²) in [6, 6.07) is 13.4. The quantitative estimate of drug-likeness (QED) is 0.673. The van der Waals surface area contributed by atoms with Gasteiger partial charge in [0.05, 0.1) is 20.3 Å². The van der Waals surface area contributed by atoms with Gasteiger partial charge in [0.2, 0.25) is 0 Å². The van der Waals surface area contributed by atoms with Crippen LogP contribution in [0, 0.1) is 0 Å². The summed E-state index contributed by atoms with van der Waals surface area (Å²) in [5.74, 6) is 2.11. The van der Waals surface area contributed by atoms with Crippen LogP contribution in [-0.2, 0) is 12.8 Å².